The molecule has 1 atom stereocenters. The van der Waals surface area contributed by atoms with Crippen molar-refractivity contribution in [2.75, 3.05) is 6.54 Å². The molecule has 0 fully saturated rings. The molecular formula is C9H12N6O4. The predicted molar refractivity (Wildman–Crippen MR) is 60.9 cm³/mol. The summed E-state index contributed by atoms with van der Waals surface area (Å²) in [6.07, 6.45) is 2.89. The SMILES string of the molecule is O=[N+]([O-])c1cnn(CC(O)CNCc2ncon2)c1. The van der Waals surface area contributed by atoms with Crippen molar-refractivity contribution in [3.63, 3.8) is 0 Å². The first-order valence-electron chi connectivity index (χ1n) is 5.46. The Kier molecular flexibility index (Phi) is 4.15. The normalized spacial score (nSPS) is 12.5. The number of aromatic nitrogens is 4. The first kappa shape index (κ1) is 13.1. The molecule has 2 heterocycles. The third-order valence-electron chi connectivity index (χ3n) is 2.30. The third-order valence-corrected chi connectivity index (χ3v) is 2.30. The Labute approximate surface area is 107 Å². The van der Waals surface area contributed by atoms with Crippen LogP contribution in [-0.4, -0.2) is 42.6 Å². The van der Waals surface area contributed by atoms with E-state index in [0.29, 0.717) is 12.4 Å². The van der Waals surface area contributed by atoms with Gasteiger partial charge in [-0.2, -0.15) is 10.1 Å². The molecule has 0 amide bonds. The topological polar surface area (TPSA) is 132 Å². The smallest absolute Gasteiger partial charge is 0.306 e. The van der Waals surface area contributed by atoms with Crippen molar-refractivity contribution in [1.29, 1.82) is 0 Å². The molecule has 2 aromatic heterocycles. The lowest BCUT2D eigenvalue weighted by atomic mass is 10.3. The van der Waals surface area contributed by atoms with Crippen LogP contribution in [0.1, 0.15) is 5.82 Å². The molecule has 0 bridgehead atoms. The minimum atomic E-state index is -0.730. The number of aliphatic hydroxyl groups excluding tert-OH is 1. The number of hydrogen-bond donors (Lipinski definition) is 2. The van der Waals surface area contributed by atoms with Gasteiger partial charge in [0.2, 0.25) is 6.39 Å². The summed E-state index contributed by atoms with van der Waals surface area (Å²) in [5, 5.41) is 30.5. The quantitative estimate of drug-likeness (QED) is 0.498. The maximum Gasteiger partial charge on any atom is 0.306 e. The van der Waals surface area contributed by atoms with Crippen LogP contribution in [0.5, 0.6) is 0 Å². The van der Waals surface area contributed by atoms with E-state index in [0.717, 1.165) is 6.20 Å². The van der Waals surface area contributed by atoms with E-state index in [2.05, 4.69) is 25.1 Å². The highest BCUT2D eigenvalue weighted by atomic mass is 16.6. The number of rotatable bonds is 7. The summed E-state index contributed by atoms with van der Waals surface area (Å²) < 4.78 is 5.87. The summed E-state index contributed by atoms with van der Waals surface area (Å²) in [6, 6.07) is 0. The summed E-state index contributed by atoms with van der Waals surface area (Å²) in [4.78, 5) is 13.7. The lowest BCUT2D eigenvalue weighted by Crippen LogP contribution is -2.30. The molecule has 0 aliphatic carbocycles. The van der Waals surface area contributed by atoms with Gasteiger partial charge in [-0.3, -0.25) is 14.8 Å². The molecule has 0 radical (unpaired) electrons. The molecule has 0 aliphatic heterocycles. The minimum absolute atomic E-state index is 0.105. The van der Waals surface area contributed by atoms with Gasteiger partial charge < -0.3 is 14.9 Å². The maximum atomic E-state index is 10.5. The minimum Gasteiger partial charge on any atom is -0.390 e. The zero-order valence-electron chi connectivity index (χ0n) is 9.84. The summed E-state index contributed by atoms with van der Waals surface area (Å²) in [5.41, 5.74) is -0.105. The van der Waals surface area contributed by atoms with Gasteiger partial charge in [0.1, 0.15) is 12.4 Å². The first-order chi connectivity index (χ1) is 9.15. The van der Waals surface area contributed by atoms with Crippen LogP contribution in [0.25, 0.3) is 0 Å². The van der Waals surface area contributed by atoms with E-state index < -0.39 is 11.0 Å². The Balaban J connectivity index is 1.74. The standard InChI is InChI=1S/C9H12N6O4/c16-8(2-10-3-9-11-6-19-13-9)5-14-4-7(1-12-14)15(17)18/h1,4,6,8,10,16H,2-3,5H2. The van der Waals surface area contributed by atoms with Crippen molar-refractivity contribution in [3.8, 4) is 0 Å². The van der Waals surface area contributed by atoms with Gasteiger partial charge in [0.25, 0.3) is 0 Å². The van der Waals surface area contributed by atoms with Crippen molar-refractivity contribution in [3.05, 3.63) is 34.7 Å². The van der Waals surface area contributed by atoms with Crippen LogP contribution in [0.4, 0.5) is 5.69 Å². The van der Waals surface area contributed by atoms with Gasteiger partial charge in [-0.1, -0.05) is 5.16 Å². The first-order valence-corrected chi connectivity index (χ1v) is 5.46. The molecule has 0 saturated heterocycles. The Bertz CT molecular complexity index is 525. The van der Waals surface area contributed by atoms with Gasteiger partial charge in [0.05, 0.1) is 24.1 Å². The Morgan fingerprint density at radius 2 is 2.47 bits per heavy atom. The van der Waals surface area contributed by atoms with Crippen LogP contribution >= 0.6 is 0 Å². The number of nitro groups is 1. The molecule has 19 heavy (non-hydrogen) atoms. The Morgan fingerprint density at radius 1 is 1.63 bits per heavy atom. The zero-order chi connectivity index (χ0) is 13.7. The third kappa shape index (κ3) is 3.82. The highest BCUT2D eigenvalue weighted by Gasteiger charge is 2.11. The highest BCUT2D eigenvalue weighted by molar-refractivity contribution is 5.20. The molecule has 0 aliphatic rings. The fourth-order valence-corrected chi connectivity index (χ4v) is 1.45. The second-order valence-electron chi connectivity index (χ2n) is 3.81. The van der Waals surface area contributed by atoms with E-state index in [1.165, 1.54) is 17.3 Å². The Hall–Kier alpha value is -2.33. The highest BCUT2D eigenvalue weighted by Crippen LogP contribution is 2.07. The van der Waals surface area contributed by atoms with Crippen LogP contribution in [0.2, 0.25) is 0 Å². The molecule has 1 unspecified atom stereocenters. The van der Waals surface area contributed by atoms with Gasteiger partial charge in [0.15, 0.2) is 5.82 Å². The van der Waals surface area contributed by atoms with Gasteiger partial charge in [0, 0.05) is 6.54 Å². The largest absolute Gasteiger partial charge is 0.390 e. The second-order valence-corrected chi connectivity index (χ2v) is 3.81. The van der Waals surface area contributed by atoms with E-state index in [4.69, 9.17) is 0 Å². The molecule has 0 saturated carbocycles. The summed E-state index contributed by atoms with van der Waals surface area (Å²) in [6.45, 7) is 0.808. The van der Waals surface area contributed by atoms with Crippen LogP contribution in [-0.2, 0) is 13.1 Å². The average Bonchev–Trinajstić information content (AvgIpc) is 3.00. The van der Waals surface area contributed by atoms with Crippen LogP contribution in [0.3, 0.4) is 0 Å². The number of hydrogen-bond acceptors (Lipinski definition) is 8. The molecule has 2 rings (SSSR count). The second kappa shape index (κ2) is 6.02. The van der Waals surface area contributed by atoms with Gasteiger partial charge in [-0.05, 0) is 0 Å². The van der Waals surface area contributed by atoms with Gasteiger partial charge >= 0.3 is 5.69 Å². The maximum absolute atomic E-state index is 10.5. The number of nitrogens with zero attached hydrogens (tertiary/aromatic N) is 5. The monoisotopic (exact) mass is 268 g/mol. The van der Waals surface area contributed by atoms with Crippen LogP contribution in [0, 0.1) is 10.1 Å². The molecule has 0 spiro atoms. The molecule has 10 heteroatoms. The lowest BCUT2D eigenvalue weighted by molar-refractivity contribution is -0.385. The van der Waals surface area contributed by atoms with Crippen molar-refractivity contribution in [1.82, 2.24) is 25.2 Å². The Morgan fingerprint density at radius 3 is 3.11 bits per heavy atom. The van der Waals surface area contributed by atoms with Crippen molar-refractivity contribution >= 4 is 5.69 Å². The van der Waals surface area contributed by atoms with E-state index in [-0.39, 0.29) is 18.8 Å². The molecule has 2 N–H and O–H groups in total. The average molecular weight is 268 g/mol. The molecule has 0 aromatic carbocycles. The van der Waals surface area contributed by atoms with E-state index in [9.17, 15) is 15.2 Å². The molecule has 102 valence electrons. The van der Waals surface area contributed by atoms with Crippen molar-refractivity contribution < 1.29 is 14.6 Å². The van der Waals surface area contributed by atoms with Crippen molar-refractivity contribution in [2.45, 2.75) is 19.2 Å². The van der Waals surface area contributed by atoms with Gasteiger partial charge in [-0.25, -0.2) is 0 Å². The zero-order valence-corrected chi connectivity index (χ0v) is 9.84. The molecule has 2 aromatic rings. The van der Waals surface area contributed by atoms with Gasteiger partial charge in [-0.15, -0.1) is 0 Å². The van der Waals surface area contributed by atoms with E-state index in [1.807, 2.05) is 0 Å². The summed E-state index contributed by atoms with van der Waals surface area (Å²) in [7, 11) is 0. The number of aliphatic hydroxyl groups is 1. The molecular weight excluding hydrogens is 256 g/mol. The summed E-state index contributed by atoms with van der Waals surface area (Å²) >= 11 is 0. The number of nitrogens with one attached hydrogen (secondary N) is 1. The summed E-state index contributed by atoms with van der Waals surface area (Å²) in [5.74, 6) is 0.488. The van der Waals surface area contributed by atoms with E-state index in [1.54, 1.807) is 0 Å². The van der Waals surface area contributed by atoms with Crippen LogP contribution < -0.4 is 5.32 Å². The molecule has 10 nitrogen and oxygen atoms in total. The fraction of sp³-hybridized carbons (Fsp3) is 0.444. The fourth-order valence-electron chi connectivity index (χ4n) is 1.45. The van der Waals surface area contributed by atoms with Crippen LogP contribution in [0.15, 0.2) is 23.3 Å². The predicted octanol–water partition coefficient (Wildman–Crippen LogP) is -0.675. The lowest BCUT2D eigenvalue weighted by Gasteiger charge is -2.10. The van der Waals surface area contributed by atoms with Crippen molar-refractivity contribution in [2.24, 2.45) is 0 Å². The van der Waals surface area contributed by atoms with E-state index >= 15 is 0 Å².